The molecule has 9 heteroatoms. The molecule has 0 unspecified atom stereocenters. The predicted octanol–water partition coefficient (Wildman–Crippen LogP) is 5.50. The lowest BCUT2D eigenvalue weighted by atomic mass is 10.2. The zero-order valence-corrected chi connectivity index (χ0v) is 18.6. The van der Waals surface area contributed by atoms with Crippen molar-refractivity contribution in [1.82, 2.24) is 10.2 Å². The van der Waals surface area contributed by atoms with Crippen molar-refractivity contribution in [3.8, 4) is 5.75 Å². The Morgan fingerprint density at radius 2 is 2.00 bits per heavy atom. The first kappa shape index (κ1) is 18.7. The highest BCUT2D eigenvalue weighted by atomic mass is 127. The normalized spacial score (nSPS) is 10.5. The minimum atomic E-state index is -0.204. The summed E-state index contributed by atoms with van der Waals surface area (Å²) < 4.78 is 8.41. The number of carbonyl (C=O) groups is 1. The number of nitrogens with zero attached hydrogens (tertiary/aromatic N) is 2. The van der Waals surface area contributed by atoms with Crippen LogP contribution in [0, 0.1) is 3.57 Å². The van der Waals surface area contributed by atoms with Crippen molar-refractivity contribution >= 4 is 76.8 Å². The lowest BCUT2D eigenvalue weighted by Gasteiger charge is -2.06. The Balaban J connectivity index is 1.62. The van der Waals surface area contributed by atoms with Crippen LogP contribution in [-0.2, 0) is 6.61 Å². The molecule has 5 nitrogen and oxygen atoms in total. The minimum absolute atomic E-state index is 0.204. The Hall–Kier alpha value is -1.04. The number of rotatable bonds is 5. The van der Waals surface area contributed by atoms with E-state index in [9.17, 15) is 4.79 Å². The van der Waals surface area contributed by atoms with Crippen molar-refractivity contribution in [3.63, 3.8) is 0 Å². The molecule has 2 aromatic carbocycles. The van der Waals surface area contributed by atoms with Crippen LogP contribution in [0.25, 0.3) is 0 Å². The number of amides is 1. The van der Waals surface area contributed by atoms with E-state index in [-0.39, 0.29) is 12.5 Å². The maximum absolute atomic E-state index is 12.3. The molecule has 128 valence electrons. The molecule has 0 atom stereocenters. The Bertz CT molecular complexity index is 920. The Morgan fingerprint density at radius 3 is 2.76 bits per heavy atom. The first-order valence-electron chi connectivity index (χ1n) is 6.99. The molecule has 1 heterocycles. The Morgan fingerprint density at radius 1 is 1.20 bits per heavy atom. The predicted molar refractivity (Wildman–Crippen MR) is 113 cm³/mol. The van der Waals surface area contributed by atoms with Crippen molar-refractivity contribution in [3.05, 3.63) is 65.6 Å². The monoisotopic (exact) mass is 593 g/mol. The van der Waals surface area contributed by atoms with Gasteiger partial charge in [-0.25, -0.2) is 0 Å². The number of aromatic nitrogens is 2. The van der Waals surface area contributed by atoms with Gasteiger partial charge in [0.1, 0.15) is 12.4 Å². The molecule has 25 heavy (non-hydrogen) atoms. The van der Waals surface area contributed by atoms with Gasteiger partial charge in [0.2, 0.25) is 5.13 Å². The van der Waals surface area contributed by atoms with Gasteiger partial charge in [-0.2, -0.15) is 0 Å². The lowest BCUT2D eigenvalue weighted by Crippen LogP contribution is -2.13. The maximum Gasteiger partial charge on any atom is 0.258 e. The summed E-state index contributed by atoms with van der Waals surface area (Å²) in [7, 11) is 0. The van der Waals surface area contributed by atoms with Gasteiger partial charge >= 0.3 is 0 Å². The number of halogens is 3. The second kappa shape index (κ2) is 8.56. The highest BCUT2D eigenvalue weighted by Crippen LogP contribution is 2.29. The molecular formula is C16H10Br2IN3O2S. The van der Waals surface area contributed by atoms with Gasteiger partial charge in [0.05, 0.1) is 10.0 Å². The van der Waals surface area contributed by atoms with Gasteiger partial charge in [-0.3, -0.25) is 10.1 Å². The van der Waals surface area contributed by atoms with Crippen molar-refractivity contribution in [2.45, 2.75) is 6.61 Å². The van der Waals surface area contributed by atoms with E-state index in [1.807, 2.05) is 36.4 Å². The highest BCUT2D eigenvalue weighted by Gasteiger charge is 2.13. The van der Waals surface area contributed by atoms with Crippen molar-refractivity contribution in [1.29, 1.82) is 0 Å². The largest absolute Gasteiger partial charge is 0.485 e. The molecule has 3 aromatic rings. The molecule has 0 aliphatic rings. The quantitative estimate of drug-likeness (QED) is 0.396. The van der Waals surface area contributed by atoms with Crippen molar-refractivity contribution in [2.24, 2.45) is 0 Å². The van der Waals surface area contributed by atoms with E-state index in [4.69, 9.17) is 4.74 Å². The first-order valence-corrected chi connectivity index (χ1v) is 10.5. The molecule has 0 spiro atoms. The van der Waals surface area contributed by atoms with E-state index in [1.165, 1.54) is 11.3 Å². The Labute approximate surface area is 178 Å². The third-order valence-corrected chi connectivity index (χ3v) is 5.92. The average molecular weight is 595 g/mol. The number of anilines is 1. The number of benzene rings is 2. The van der Waals surface area contributed by atoms with Crippen LogP contribution in [-0.4, -0.2) is 16.1 Å². The van der Waals surface area contributed by atoms with E-state index in [0.717, 1.165) is 12.5 Å². The Kier molecular flexibility index (Phi) is 6.42. The average Bonchev–Trinajstić information content (AvgIpc) is 3.02. The van der Waals surface area contributed by atoms with E-state index in [2.05, 4.69) is 70.0 Å². The van der Waals surface area contributed by atoms with Crippen LogP contribution in [0.3, 0.4) is 0 Å². The van der Waals surface area contributed by atoms with Crippen LogP contribution >= 0.6 is 65.8 Å². The molecule has 0 radical (unpaired) electrons. The van der Waals surface area contributed by atoms with Crippen LogP contribution in [0.15, 0.2) is 51.4 Å². The van der Waals surface area contributed by atoms with Crippen LogP contribution < -0.4 is 10.1 Å². The molecule has 0 aliphatic carbocycles. The minimum Gasteiger partial charge on any atom is -0.485 e. The summed E-state index contributed by atoms with van der Waals surface area (Å²) in [5, 5.41) is 11.9. The fourth-order valence-electron chi connectivity index (χ4n) is 1.90. The SMILES string of the molecule is O=C(Nc1nnc(COc2ccc(Br)cc2Br)s1)c1ccccc1I. The molecule has 0 aliphatic heterocycles. The second-order valence-corrected chi connectivity index (χ2v) is 8.79. The van der Waals surface area contributed by atoms with Gasteiger partial charge in [-0.1, -0.05) is 39.4 Å². The van der Waals surface area contributed by atoms with E-state index < -0.39 is 0 Å². The van der Waals surface area contributed by atoms with Gasteiger partial charge in [0.15, 0.2) is 5.01 Å². The summed E-state index contributed by atoms with van der Waals surface area (Å²) in [5.74, 6) is 0.507. The van der Waals surface area contributed by atoms with Gasteiger partial charge in [-0.05, 0) is 68.9 Å². The number of hydrogen-bond donors (Lipinski definition) is 1. The lowest BCUT2D eigenvalue weighted by molar-refractivity contribution is 0.102. The number of ether oxygens (including phenoxy) is 1. The number of hydrogen-bond acceptors (Lipinski definition) is 5. The van der Waals surface area contributed by atoms with Crippen LogP contribution in [0.2, 0.25) is 0 Å². The molecule has 0 saturated carbocycles. The van der Waals surface area contributed by atoms with Crippen LogP contribution in [0.5, 0.6) is 5.75 Å². The van der Waals surface area contributed by atoms with Gasteiger partial charge in [0.25, 0.3) is 5.91 Å². The molecule has 1 N–H and O–H groups in total. The molecule has 0 saturated heterocycles. The number of nitrogens with one attached hydrogen (secondary N) is 1. The standard InChI is InChI=1S/C16H10Br2IN3O2S/c17-9-5-6-13(11(18)7-9)24-8-14-21-22-16(25-14)20-15(23)10-3-1-2-4-12(10)19/h1-7H,8H2,(H,20,22,23). The van der Waals surface area contributed by atoms with E-state index in [1.54, 1.807) is 6.07 Å². The van der Waals surface area contributed by atoms with Gasteiger partial charge < -0.3 is 4.74 Å². The van der Waals surface area contributed by atoms with Crippen LogP contribution in [0.1, 0.15) is 15.4 Å². The van der Waals surface area contributed by atoms with Crippen molar-refractivity contribution < 1.29 is 9.53 Å². The van der Waals surface area contributed by atoms with Gasteiger partial charge in [-0.15, -0.1) is 10.2 Å². The second-order valence-electron chi connectivity index (χ2n) is 4.80. The fourth-order valence-corrected chi connectivity index (χ4v) is 4.35. The highest BCUT2D eigenvalue weighted by molar-refractivity contribution is 14.1. The molecule has 0 bridgehead atoms. The summed E-state index contributed by atoms with van der Waals surface area (Å²) in [6, 6.07) is 13.0. The summed E-state index contributed by atoms with van der Waals surface area (Å²) >= 11 is 10.3. The summed E-state index contributed by atoms with van der Waals surface area (Å²) in [4.78, 5) is 12.3. The zero-order chi connectivity index (χ0) is 17.8. The molecule has 3 rings (SSSR count). The molecule has 1 amide bonds. The first-order chi connectivity index (χ1) is 12.0. The smallest absolute Gasteiger partial charge is 0.258 e. The van der Waals surface area contributed by atoms with E-state index >= 15 is 0 Å². The topological polar surface area (TPSA) is 64.1 Å². The third kappa shape index (κ3) is 4.99. The maximum atomic E-state index is 12.3. The van der Waals surface area contributed by atoms with Crippen molar-refractivity contribution in [2.75, 3.05) is 5.32 Å². The molecule has 1 aromatic heterocycles. The molecular weight excluding hydrogens is 585 g/mol. The molecule has 0 fully saturated rings. The summed E-state index contributed by atoms with van der Waals surface area (Å²) in [6.45, 7) is 0.274. The van der Waals surface area contributed by atoms with E-state index in [0.29, 0.717) is 21.5 Å². The summed E-state index contributed by atoms with van der Waals surface area (Å²) in [6.07, 6.45) is 0. The third-order valence-electron chi connectivity index (χ3n) is 3.05. The number of carbonyl (C=O) groups excluding carboxylic acids is 1. The fraction of sp³-hybridized carbons (Fsp3) is 0.0625. The zero-order valence-electron chi connectivity index (χ0n) is 12.5. The summed E-state index contributed by atoms with van der Waals surface area (Å²) in [5.41, 5.74) is 0.606. The van der Waals surface area contributed by atoms with Crippen LogP contribution in [0.4, 0.5) is 5.13 Å². The van der Waals surface area contributed by atoms with Gasteiger partial charge in [0, 0.05) is 8.04 Å².